The van der Waals surface area contributed by atoms with Crippen LogP contribution in [0.5, 0.6) is 0 Å². The number of benzene rings is 2. The van der Waals surface area contributed by atoms with Crippen LogP contribution in [0.3, 0.4) is 0 Å². The lowest BCUT2D eigenvalue weighted by molar-refractivity contribution is 0.318. The second-order valence-electron chi connectivity index (χ2n) is 5.01. The summed E-state index contributed by atoms with van der Waals surface area (Å²) < 4.78 is 13.6. The summed E-state index contributed by atoms with van der Waals surface area (Å²) in [5.74, 6) is -0.528. The maximum absolute atomic E-state index is 13.6. The van der Waals surface area contributed by atoms with E-state index in [-0.39, 0.29) is 5.84 Å². The number of rotatable bonds is 4. The quantitative estimate of drug-likeness (QED) is 0.350. The van der Waals surface area contributed by atoms with Crippen molar-refractivity contribution >= 4 is 11.5 Å². The molecule has 0 radical (unpaired) electrons. The minimum atomic E-state index is -0.420. The summed E-state index contributed by atoms with van der Waals surface area (Å²) in [6.07, 6.45) is 0. The van der Waals surface area contributed by atoms with Gasteiger partial charge in [0.15, 0.2) is 5.84 Å². The van der Waals surface area contributed by atoms with Crippen LogP contribution in [-0.2, 0) is 6.54 Å². The van der Waals surface area contributed by atoms with Gasteiger partial charge in [0.1, 0.15) is 5.82 Å². The molecule has 110 valence electrons. The van der Waals surface area contributed by atoms with Crippen LogP contribution in [0, 0.1) is 19.7 Å². The monoisotopic (exact) mass is 287 g/mol. The average molecular weight is 287 g/mol. The number of nitrogens with one attached hydrogen (secondary N) is 1. The number of nitrogens with zero attached hydrogens (tertiary/aromatic N) is 1. The Morgan fingerprint density at radius 1 is 1.24 bits per heavy atom. The van der Waals surface area contributed by atoms with E-state index in [1.54, 1.807) is 6.07 Å². The van der Waals surface area contributed by atoms with Gasteiger partial charge in [-0.3, -0.25) is 0 Å². The predicted octanol–water partition coefficient (Wildman–Crippen LogP) is 3.15. The molecule has 0 aliphatic heterocycles. The number of oxime groups is 1. The van der Waals surface area contributed by atoms with Crippen LogP contribution >= 0.6 is 0 Å². The Morgan fingerprint density at radius 2 is 2.00 bits per heavy atom. The molecular weight excluding hydrogens is 269 g/mol. The molecule has 0 saturated heterocycles. The van der Waals surface area contributed by atoms with Crippen LogP contribution in [0.25, 0.3) is 0 Å². The van der Waals surface area contributed by atoms with Gasteiger partial charge in [0.05, 0.1) is 0 Å². The largest absolute Gasteiger partial charge is 0.409 e. The third-order valence-corrected chi connectivity index (χ3v) is 3.24. The zero-order chi connectivity index (χ0) is 15.4. The van der Waals surface area contributed by atoms with Crippen molar-refractivity contribution in [3.63, 3.8) is 0 Å². The molecule has 4 N–H and O–H groups in total. The molecule has 0 unspecified atom stereocenters. The molecule has 0 aliphatic carbocycles. The van der Waals surface area contributed by atoms with Gasteiger partial charge in [0.25, 0.3) is 0 Å². The van der Waals surface area contributed by atoms with E-state index >= 15 is 0 Å². The lowest BCUT2D eigenvalue weighted by Gasteiger charge is -2.11. The fourth-order valence-electron chi connectivity index (χ4n) is 2.08. The second kappa shape index (κ2) is 6.26. The number of anilines is 1. The molecule has 4 nitrogen and oxygen atoms in total. The van der Waals surface area contributed by atoms with Crippen molar-refractivity contribution in [3.8, 4) is 0 Å². The molecule has 0 spiro atoms. The molecule has 2 aromatic carbocycles. The van der Waals surface area contributed by atoms with Gasteiger partial charge in [-0.15, -0.1) is 0 Å². The van der Waals surface area contributed by atoms with Crippen LogP contribution in [0.4, 0.5) is 10.1 Å². The normalized spacial score (nSPS) is 11.5. The minimum absolute atomic E-state index is 0.109. The zero-order valence-corrected chi connectivity index (χ0v) is 12.0. The Bertz CT molecular complexity index is 683. The predicted molar refractivity (Wildman–Crippen MR) is 82.2 cm³/mol. The molecule has 0 heterocycles. The first-order valence-corrected chi connectivity index (χ1v) is 6.58. The van der Waals surface area contributed by atoms with E-state index in [0.717, 1.165) is 22.4 Å². The molecule has 0 atom stereocenters. The van der Waals surface area contributed by atoms with Gasteiger partial charge in [0, 0.05) is 17.8 Å². The lowest BCUT2D eigenvalue weighted by atomic mass is 10.1. The van der Waals surface area contributed by atoms with Gasteiger partial charge in [-0.1, -0.05) is 17.3 Å². The van der Waals surface area contributed by atoms with E-state index in [1.807, 2.05) is 32.0 Å². The number of aryl methyl sites for hydroxylation is 2. The van der Waals surface area contributed by atoms with E-state index < -0.39 is 5.82 Å². The molecule has 0 fully saturated rings. The zero-order valence-electron chi connectivity index (χ0n) is 12.0. The summed E-state index contributed by atoms with van der Waals surface area (Å²) in [7, 11) is 0. The lowest BCUT2D eigenvalue weighted by Crippen LogP contribution is -2.14. The number of hydrogen-bond donors (Lipinski definition) is 3. The highest BCUT2D eigenvalue weighted by molar-refractivity contribution is 5.97. The molecule has 2 rings (SSSR count). The summed E-state index contributed by atoms with van der Waals surface area (Å²) in [5, 5.41) is 14.8. The molecule has 0 aromatic heterocycles. The van der Waals surface area contributed by atoms with Crippen molar-refractivity contribution in [2.45, 2.75) is 20.4 Å². The van der Waals surface area contributed by atoms with Crippen molar-refractivity contribution in [3.05, 3.63) is 64.5 Å². The van der Waals surface area contributed by atoms with Crippen molar-refractivity contribution in [2.75, 3.05) is 5.32 Å². The smallest absolute Gasteiger partial charge is 0.170 e. The van der Waals surface area contributed by atoms with E-state index in [1.165, 1.54) is 12.1 Å². The fraction of sp³-hybridized carbons (Fsp3) is 0.188. The van der Waals surface area contributed by atoms with Gasteiger partial charge in [-0.25, -0.2) is 4.39 Å². The Hall–Kier alpha value is -2.56. The topological polar surface area (TPSA) is 70.6 Å². The standard InChI is InChI=1S/C16H18FN3O/c1-10-3-4-11(2)15(5-10)19-9-12-6-13(16(18)20-21)8-14(17)7-12/h3-8,19,21H,9H2,1-2H3,(H2,18,20). The van der Waals surface area contributed by atoms with Crippen molar-refractivity contribution in [1.29, 1.82) is 0 Å². The Kier molecular flexibility index (Phi) is 4.42. The van der Waals surface area contributed by atoms with Crippen LogP contribution in [0.2, 0.25) is 0 Å². The van der Waals surface area contributed by atoms with Gasteiger partial charge in [-0.2, -0.15) is 0 Å². The Morgan fingerprint density at radius 3 is 2.71 bits per heavy atom. The molecule has 21 heavy (non-hydrogen) atoms. The fourth-order valence-corrected chi connectivity index (χ4v) is 2.08. The molecule has 5 heteroatoms. The van der Waals surface area contributed by atoms with Crippen molar-refractivity contribution in [1.82, 2.24) is 0 Å². The van der Waals surface area contributed by atoms with E-state index in [4.69, 9.17) is 10.9 Å². The molecule has 0 saturated carbocycles. The summed E-state index contributed by atoms with van der Waals surface area (Å²) in [5.41, 5.74) is 9.85. The van der Waals surface area contributed by atoms with Crippen LogP contribution in [0.1, 0.15) is 22.3 Å². The third-order valence-electron chi connectivity index (χ3n) is 3.24. The third kappa shape index (κ3) is 3.72. The van der Waals surface area contributed by atoms with E-state index in [0.29, 0.717) is 12.1 Å². The minimum Gasteiger partial charge on any atom is -0.409 e. The van der Waals surface area contributed by atoms with Gasteiger partial charge >= 0.3 is 0 Å². The first kappa shape index (κ1) is 14.8. The first-order chi connectivity index (χ1) is 9.99. The second-order valence-corrected chi connectivity index (χ2v) is 5.01. The van der Waals surface area contributed by atoms with Crippen LogP contribution in [-0.4, -0.2) is 11.0 Å². The van der Waals surface area contributed by atoms with Crippen molar-refractivity contribution in [2.24, 2.45) is 10.9 Å². The summed E-state index contributed by atoms with van der Waals surface area (Å²) in [6, 6.07) is 10.5. The average Bonchev–Trinajstić information content (AvgIpc) is 2.46. The SMILES string of the molecule is Cc1ccc(C)c(NCc2cc(F)cc(/C(N)=N/O)c2)c1. The van der Waals surface area contributed by atoms with Gasteiger partial charge in [0.2, 0.25) is 0 Å². The van der Waals surface area contributed by atoms with Crippen molar-refractivity contribution < 1.29 is 9.60 Å². The highest BCUT2D eigenvalue weighted by atomic mass is 19.1. The number of nitrogens with two attached hydrogens (primary N) is 1. The molecule has 0 bridgehead atoms. The maximum atomic E-state index is 13.6. The summed E-state index contributed by atoms with van der Waals surface area (Å²) in [4.78, 5) is 0. The molecular formula is C16H18FN3O. The molecule has 0 amide bonds. The summed E-state index contributed by atoms with van der Waals surface area (Å²) >= 11 is 0. The molecule has 0 aliphatic rings. The maximum Gasteiger partial charge on any atom is 0.170 e. The number of hydrogen-bond acceptors (Lipinski definition) is 3. The highest BCUT2D eigenvalue weighted by Crippen LogP contribution is 2.18. The highest BCUT2D eigenvalue weighted by Gasteiger charge is 2.06. The summed E-state index contributed by atoms with van der Waals surface area (Å²) in [6.45, 7) is 4.48. The Balaban J connectivity index is 2.20. The Labute approximate surface area is 123 Å². The first-order valence-electron chi connectivity index (χ1n) is 6.58. The van der Waals surface area contributed by atoms with Gasteiger partial charge in [-0.05, 0) is 54.8 Å². The van der Waals surface area contributed by atoms with Crippen LogP contribution < -0.4 is 11.1 Å². The van der Waals surface area contributed by atoms with E-state index in [9.17, 15) is 4.39 Å². The number of amidine groups is 1. The molecule has 2 aromatic rings. The number of halogens is 1. The van der Waals surface area contributed by atoms with Gasteiger partial charge < -0.3 is 16.3 Å². The van der Waals surface area contributed by atoms with Crippen LogP contribution in [0.15, 0.2) is 41.6 Å². The van der Waals surface area contributed by atoms with E-state index in [2.05, 4.69) is 10.5 Å².